The van der Waals surface area contributed by atoms with Crippen LogP contribution >= 0.6 is 0 Å². The van der Waals surface area contributed by atoms with Gasteiger partial charge in [-0.15, -0.1) is 0 Å². The van der Waals surface area contributed by atoms with Crippen molar-refractivity contribution in [3.63, 3.8) is 0 Å². The predicted octanol–water partition coefficient (Wildman–Crippen LogP) is 2.46. The highest BCUT2D eigenvalue weighted by Crippen LogP contribution is 1.97. The molecule has 1 rings (SSSR count). The predicted molar refractivity (Wildman–Crippen MR) is 60.7 cm³/mol. The quantitative estimate of drug-likeness (QED) is 0.674. The molecule has 0 spiro atoms. The third kappa shape index (κ3) is 6.38. The summed E-state index contributed by atoms with van der Waals surface area (Å²) in [5.41, 5.74) is 0.775. The summed E-state index contributed by atoms with van der Waals surface area (Å²) in [7, 11) is 2.34. The van der Waals surface area contributed by atoms with Crippen molar-refractivity contribution in [3.8, 4) is 0 Å². The smallest absolute Gasteiger partial charge is 0.159 e. The molecule has 0 aliphatic carbocycles. The molecule has 2 heteroatoms. The topological polar surface area (TPSA) is 20.3 Å². The number of benzene rings is 1. The van der Waals surface area contributed by atoms with Gasteiger partial charge in [-0.25, -0.2) is 0 Å². The molecular formula is C12H19NO. The Morgan fingerprint density at radius 1 is 1.43 bits per heavy atom. The SMILES string of the molecule is CC(=O)c1ccccc1.[2H]CN(C)CC. The first-order valence-electron chi connectivity index (χ1n) is 5.36. The van der Waals surface area contributed by atoms with Gasteiger partial charge >= 0.3 is 0 Å². The first kappa shape index (κ1) is 10.9. The molecule has 14 heavy (non-hydrogen) atoms. The Morgan fingerprint density at radius 2 is 2.00 bits per heavy atom. The van der Waals surface area contributed by atoms with Crippen LogP contribution in [0.15, 0.2) is 30.3 Å². The van der Waals surface area contributed by atoms with Crippen LogP contribution in [0.4, 0.5) is 0 Å². The van der Waals surface area contributed by atoms with Crippen LogP contribution in [0.2, 0.25) is 0 Å². The summed E-state index contributed by atoms with van der Waals surface area (Å²) in [5, 5.41) is 0. The third-order valence-corrected chi connectivity index (χ3v) is 1.72. The second-order valence-electron chi connectivity index (χ2n) is 3.09. The van der Waals surface area contributed by atoms with Crippen LogP contribution in [0.1, 0.15) is 25.6 Å². The molecule has 0 aliphatic heterocycles. The molecule has 78 valence electrons. The Labute approximate surface area is 88.0 Å². The van der Waals surface area contributed by atoms with Crippen molar-refractivity contribution < 1.29 is 6.17 Å². The van der Waals surface area contributed by atoms with Crippen molar-refractivity contribution in [1.29, 1.82) is 0 Å². The second-order valence-corrected chi connectivity index (χ2v) is 3.09. The maximum Gasteiger partial charge on any atom is 0.159 e. The maximum atomic E-state index is 10.6. The monoisotopic (exact) mass is 194 g/mol. The van der Waals surface area contributed by atoms with Gasteiger partial charge in [-0.2, -0.15) is 0 Å². The number of carbonyl (C=O) groups excluding carboxylic acids is 1. The molecule has 0 unspecified atom stereocenters. The molecule has 0 saturated carbocycles. The van der Waals surface area contributed by atoms with Crippen LogP contribution in [-0.2, 0) is 0 Å². The van der Waals surface area contributed by atoms with E-state index in [2.05, 4.69) is 0 Å². The van der Waals surface area contributed by atoms with Gasteiger partial charge in [0, 0.05) is 6.93 Å². The number of ketones is 1. The van der Waals surface area contributed by atoms with E-state index in [9.17, 15) is 4.79 Å². The standard InChI is InChI=1S/C8H8O.C4H11N/c1-7(9)8-5-3-2-4-6-8;1-4-5(2)3/h2-6H,1H3;4H2,1-3H3/i;2D. The molecule has 0 saturated heterocycles. The van der Waals surface area contributed by atoms with Crippen molar-refractivity contribution in [3.05, 3.63) is 35.9 Å². The minimum Gasteiger partial charge on any atom is -0.310 e. The zero-order valence-corrected chi connectivity index (χ0v) is 9.16. The van der Waals surface area contributed by atoms with E-state index in [1.165, 1.54) is 0 Å². The summed E-state index contributed by atoms with van der Waals surface area (Å²) in [6.45, 7) is 4.58. The fourth-order valence-corrected chi connectivity index (χ4v) is 0.673. The summed E-state index contributed by atoms with van der Waals surface area (Å²) in [5.74, 6) is 0.121. The minimum atomic E-state index is 0.121. The fourth-order valence-electron chi connectivity index (χ4n) is 0.673. The highest BCUT2D eigenvalue weighted by Gasteiger charge is 1.92. The average molecular weight is 194 g/mol. The summed E-state index contributed by atoms with van der Waals surface area (Å²) < 4.78 is 6.73. The van der Waals surface area contributed by atoms with Crippen LogP contribution in [0.5, 0.6) is 0 Å². The molecule has 0 aromatic heterocycles. The van der Waals surface area contributed by atoms with Crippen LogP contribution in [0, 0.1) is 0 Å². The molecule has 1 aromatic carbocycles. The fraction of sp³-hybridized carbons (Fsp3) is 0.417. The Morgan fingerprint density at radius 3 is 2.21 bits per heavy atom. The lowest BCUT2D eigenvalue weighted by Crippen LogP contribution is -2.08. The molecule has 0 fully saturated rings. The summed E-state index contributed by atoms with van der Waals surface area (Å²) in [6.07, 6.45) is 0. The number of Topliss-reactive ketones (excluding diaryl/α,β-unsaturated/α-hetero) is 1. The van der Waals surface area contributed by atoms with Crippen LogP contribution in [0.25, 0.3) is 0 Å². The molecule has 0 aliphatic rings. The summed E-state index contributed by atoms with van der Waals surface area (Å²) >= 11 is 0. The first-order chi connectivity index (χ1) is 7.11. The number of rotatable bonds is 2. The van der Waals surface area contributed by atoms with E-state index in [4.69, 9.17) is 1.37 Å². The minimum absolute atomic E-state index is 0.121. The van der Waals surface area contributed by atoms with Crippen molar-refractivity contribution in [2.45, 2.75) is 13.8 Å². The van der Waals surface area contributed by atoms with Gasteiger partial charge in [-0.3, -0.25) is 4.79 Å². The van der Waals surface area contributed by atoms with Gasteiger partial charge in [0.2, 0.25) is 0 Å². The van der Waals surface area contributed by atoms with Gasteiger partial charge in [0.15, 0.2) is 5.78 Å². The molecule has 1 aromatic rings. The van der Waals surface area contributed by atoms with Gasteiger partial charge < -0.3 is 4.90 Å². The molecule has 0 atom stereocenters. The Bertz CT molecular complexity index is 270. The molecule has 2 nitrogen and oxygen atoms in total. The zero-order valence-electron chi connectivity index (χ0n) is 10.2. The summed E-state index contributed by atoms with van der Waals surface area (Å²) in [4.78, 5) is 12.6. The Kier molecular flexibility index (Phi) is 5.68. The molecule has 0 N–H and O–H groups in total. The van der Waals surface area contributed by atoms with Crippen molar-refractivity contribution in [2.75, 3.05) is 20.6 Å². The molecule has 0 radical (unpaired) electrons. The number of nitrogens with zero attached hydrogens (tertiary/aromatic N) is 1. The molecule has 0 bridgehead atoms. The highest BCUT2D eigenvalue weighted by molar-refractivity contribution is 5.93. The van der Waals surface area contributed by atoms with Gasteiger partial charge in [-0.05, 0) is 27.5 Å². The maximum absolute atomic E-state index is 10.6. The first-order valence-corrected chi connectivity index (χ1v) is 4.65. The van der Waals surface area contributed by atoms with Crippen molar-refractivity contribution in [1.82, 2.24) is 4.90 Å². The van der Waals surface area contributed by atoms with E-state index in [1.54, 1.807) is 6.92 Å². The van der Waals surface area contributed by atoms with Crippen LogP contribution < -0.4 is 0 Å². The third-order valence-electron chi connectivity index (χ3n) is 1.72. The average Bonchev–Trinajstić information content (AvgIpc) is 2.30. The van der Waals surface area contributed by atoms with Crippen LogP contribution in [-0.4, -0.2) is 31.3 Å². The molecule has 0 heterocycles. The van der Waals surface area contributed by atoms with E-state index >= 15 is 0 Å². The van der Waals surface area contributed by atoms with E-state index < -0.39 is 0 Å². The zero-order chi connectivity index (χ0) is 11.7. The lowest BCUT2D eigenvalue weighted by molar-refractivity contribution is 0.101. The van der Waals surface area contributed by atoms with Gasteiger partial charge in [-0.1, -0.05) is 37.3 Å². The second kappa shape index (κ2) is 7.27. The van der Waals surface area contributed by atoms with E-state index in [0.29, 0.717) is 7.02 Å². The number of hydrogen-bond donors (Lipinski definition) is 0. The lowest BCUT2D eigenvalue weighted by Gasteiger charge is -2.00. The molecular weight excluding hydrogens is 174 g/mol. The van der Waals surface area contributed by atoms with E-state index in [1.807, 2.05) is 49.2 Å². The normalized spacial score (nSPS) is 10.1. The highest BCUT2D eigenvalue weighted by atomic mass is 16.1. The van der Waals surface area contributed by atoms with Crippen molar-refractivity contribution in [2.24, 2.45) is 0 Å². The molecule has 0 amide bonds. The van der Waals surface area contributed by atoms with Gasteiger partial charge in [0.1, 0.15) is 0 Å². The Hall–Kier alpha value is -1.15. The van der Waals surface area contributed by atoms with Crippen LogP contribution in [0.3, 0.4) is 0 Å². The van der Waals surface area contributed by atoms with E-state index in [-0.39, 0.29) is 5.78 Å². The van der Waals surface area contributed by atoms with Gasteiger partial charge in [0.25, 0.3) is 0 Å². The lowest BCUT2D eigenvalue weighted by atomic mass is 10.2. The van der Waals surface area contributed by atoms with E-state index in [0.717, 1.165) is 12.1 Å². The summed E-state index contributed by atoms with van der Waals surface area (Å²) in [6, 6.07) is 9.23. The Balaban J connectivity index is 0.000000288. The number of carbonyl (C=O) groups is 1. The largest absolute Gasteiger partial charge is 0.310 e. The van der Waals surface area contributed by atoms with Gasteiger partial charge in [0.05, 0.1) is 0 Å². The van der Waals surface area contributed by atoms with Crippen molar-refractivity contribution >= 4 is 5.78 Å². The number of hydrogen-bond acceptors (Lipinski definition) is 2.